The molecule has 0 N–H and O–H groups in total. The van der Waals surface area contributed by atoms with Gasteiger partial charge in [-0.15, -0.1) is 22.7 Å². The van der Waals surface area contributed by atoms with Gasteiger partial charge < -0.3 is 0 Å². The van der Waals surface area contributed by atoms with Crippen molar-refractivity contribution in [1.82, 2.24) is 84.3 Å². The molecule has 0 atom stereocenters. The number of fused-ring (bicyclic) bond motifs is 12. The van der Waals surface area contributed by atoms with E-state index in [0.717, 1.165) is 50.3 Å². The first-order valence-corrected chi connectivity index (χ1v) is 17.8. The van der Waals surface area contributed by atoms with Crippen molar-refractivity contribution in [1.29, 1.82) is 0 Å². The van der Waals surface area contributed by atoms with Gasteiger partial charge in [0.1, 0.15) is 66.9 Å². The van der Waals surface area contributed by atoms with Crippen molar-refractivity contribution in [3.05, 3.63) is 68.6 Å². The monoisotopic (exact) mass is 729 g/mol. The molecular weight excluding hydrogens is 719 g/mol. The molecule has 20 heteroatoms. The van der Waals surface area contributed by atoms with E-state index in [1.54, 1.807) is 54.1 Å². The lowest BCUT2D eigenvalue weighted by atomic mass is 10.2. The van der Waals surface area contributed by atoms with E-state index >= 15 is 0 Å². The van der Waals surface area contributed by atoms with Gasteiger partial charge in [-0.25, -0.2) is 74.3 Å². The van der Waals surface area contributed by atoms with Crippen molar-refractivity contribution in [2.75, 3.05) is 0 Å². The molecule has 242 valence electrons. The van der Waals surface area contributed by atoms with Gasteiger partial charge >= 0.3 is 0 Å². The van der Waals surface area contributed by atoms with E-state index in [1.807, 2.05) is 0 Å². The van der Waals surface area contributed by atoms with E-state index in [0.29, 0.717) is 62.3 Å². The molecule has 12 rings (SSSR count). The Bertz CT molecular complexity index is 3410. The van der Waals surface area contributed by atoms with Crippen molar-refractivity contribution in [2.24, 2.45) is 0 Å². The highest BCUT2D eigenvalue weighted by molar-refractivity contribution is 7.26. The van der Waals surface area contributed by atoms with E-state index in [4.69, 9.17) is 24.9 Å². The summed E-state index contributed by atoms with van der Waals surface area (Å²) < 4.78 is 4.28. The molecule has 12 heterocycles. The van der Waals surface area contributed by atoms with Crippen molar-refractivity contribution in [3.63, 3.8) is 0 Å². The standard InChI is InChI=1S/C32H11N17S3/c1-2-36-28-19(35-1)12-3-33-9-43-27(12)49(28)32-40-8-17-22(47-32)21-16(50-17)7-39-26(46-21)23-24-18(41-11-42-23)14-5-38-25(48-30(14)51-24)15-6-37-20-13-4-34-10-44-29(13)52-31(20)45-15/h1-11H. The third-order valence-corrected chi connectivity index (χ3v) is 11.6. The summed E-state index contributed by atoms with van der Waals surface area (Å²) in [7, 11) is 0. The summed E-state index contributed by atoms with van der Waals surface area (Å²) in [6.45, 7) is 0. The maximum Gasteiger partial charge on any atom is 0.237 e. The molecule has 17 nitrogen and oxygen atoms in total. The minimum absolute atomic E-state index is 0.389. The van der Waals surface area contributed by atoms with Crippen LogP contribution in [0.1, 0.15) is 0 Å². The third kappa shape index (κ3) is 3.89. The minimum Gasteiger partial charge on any atom is -0.251 e. The van der Waals surface area contributed by atoms with Crippen LogP contribution in [0, 0.1) is 0 Å². The zero-order chi connectivity index (χ0) is 33.9. The summed E-state index contributed by atoms with van der Waals surface area (Å²) in [5, 5.41) is 2.41. The second-order valence-corrected chi connectivity index (χ2v) is 14.4. The highest BCUT2D eigenvalue weighted by Crippen LogP contribution is 2.38. The second kappa shape index (κ2) is 10.3. The molecule has 0 aliphatic carbocycles. The Hall–Kier alpha value is -6.90. The lowest BCUT2D eigenvalue weighted by Gasteiger charge is -2.04. The van der Waals surface area contributed by atoms with Gasteiger partial charge in [-0.3, -0.25) is 9.97 Å². The number of rotatable bonds is 3. The summed E-state index contributed by atoms with van der Waals surface area (Å²) in [6, 6.07) is 0. The average Bonchev–Trinajstić information content (AvgIpc) is 3.95. The van der Waals surface area contributed by atoms with Gasteiger partial charge in [-0.2, -0.15) is 0 Å². The Kier molecular flexibility index (Phi) is 5.53. The van der Waals surface area contributed by atoms with Crippen LogP contribution in [0.3, 0.4) is 0 Å². The van der Waals surface area contributed by atoms with E-state index in [1.165, 1.54) is 53.0 Å². The van der Waals surface area contributed by atoms with Crippen LogP contribution in [0.2, 0.25) is 0 Å². The predicted octanol–water partition coefficient (Wildman–Crippen LogP) is 5.54. The van der Waals surface area contributed by atoms with Crippen LogP contribution in [0.4, 0.5) is 0 Å². The second-order valence-electron chi connectivity index (χ2n) is 11.4. The van der Waals surface area contributed by atoms with Crippen LogP contribution in [-0.4, -0.2) is 84.3 Å². The largest absolute Gasteiger partial charge is 0.251 e. The van der Waals surface area contributed by atoms with E-state index in [2.05, 4.69) is 54.8 Å². The van der Waals surface area contributed by atoms with Crippen molar-refractivity contribution in [3.8, 4) is 29.0 Å². The van der Waals surface area contributed by atoms with Crippen molar-refractivity contribution < 1.29 is 0 Å². The number of thiophene rings is 3. The molecular formula is C32H11N17S3. The molecule has 0 saturated carbocycles. The lowest BCUT2D eigenvalue weighted by Crippen LogP contribution is -2.02. The van der Waals surface area contributed by atoms with Gasteiger partial charge in [0.05, 0.1) is 48.2 Å². The number of hydrogen-bond donors (Lipinski definition) is 0. The minimum atomic E-state index is 0.389. The zero-order valence-corrected chi connectivity index (χ0v) is 28.1. The van der Waals surface area contributed by atoms with Crippen LogP contribution in [0.25, 0.3) is 113 Å². The molecule has 0 unspecified atom stereocenters. The van der Waals surface area contributed by atoms with Gasteiger partial charge in [0.25, 0.3) is 0 Å². The normalized spacial score (nSPS) is 12.2. The molecule has 0 aliphatic heterocycles. The summed E-state index contributed by atoms with van der Waals surface area (Å²) in [5.74, 6) is 1.27. The Morgan fingerprint density at radius 1 is 0.442 bits per heavy atom. The SMILES string of the molecule is c1ncc2c(n1)sc1nc(-c3ncc4c(n3)sc3c(-c5ncc6sc7cnc(-n8c9ncncc9c9nccnc98)nc7c6n5)ncnc34)cnc12. The van der Waals surface area contributed by atoms with Gasteiger partial charge in [-0.05, 0) is 0 Å². The molecule has 0 saturated heterocycles. The Labute approximate surface area is 298 Å². The first-order chi connectivity index (χ1) is 25.7. The Morgan fingerprint density at radius 3 is 2.23 bits per heavy atom. The number of nitrogens with zero attached hydrogens (tertiary/aromatic N) is 17. The van der Waals surface area contributed by atoms with Crippen LogP contribution < -0.4 is 0 Å². The smallest absolute Gasteiger partial charge is 0.237 e. The van der Waals surface area contributed by atoms with Crippen molar-refractivity contribution in [2.45, 2.75) is 0 Å². The van der Waals surface area contributed by atoms with E-state index < -0.39 is 0 Å². The first-order valence-electron chi connectivity index (χ1n) is 15.4. The topological polar surface area (TPSA) is 211 Å². The lowest BCUT2D eigenvalue weighted by molar-refractivity contribution is 0.975. The number of aromatic nitrogens is 17. The fourth-order valence-corrected chi connectivity index (χ4v) is 9.20. The third-order valence-electron chi connectivity index (χ3n) is 8.51. The quantitative estimate of drug-likeness (QED) is 0.218. The molecule has 0 radical (unpaired) electrons. The van der Waals surface area contributed by atoms with Gasteiger partial charge in [0, 0.05) is 37.2 Å². The van der Waals surface area contributed by atoms with Crippen LogP contribution >= 0.6 is 34.0 Å². The van der Waals surface area contributed by atoms with Gasteiger partial charge in [-0.1, -0.05) is 11.3 Å². The zero-order valence-electron chi connectivity index (χ0n) is 25.7. The molecule has 12 aromatic rings. The van der Waals surface area contributed by atoms with Gasteiger partial charge in [0.15, 0.2) is 22.9 Å². The molecule has 0 spiro atoms. The summed E-state index contributed by atoms with van der Waals surface area (Å²) >= 11 is 4.40. The van der Waals surface area contributed by atoms with Gasteiger partial charge in [0.2, 0.25) is 5.95 Å². The maximum absolute atomic E-state index is 5.01. The average molecular weight is 730 g/mol. The summed E-state index contributed by atoms with van der Waals surface area (Å²) in [4.78, 5) is 76.1. The fraction of sp³-hybridized carbons (Fsp3) is 0. The van der Waals surface area contributed by atoms with E-state index in [9.17, 15) is 0 Å². The summed E-state index contributed by atoms with van der Waals surface area (Å²) in [6.07, 6.45) is 18.2. The molecule has 0 aliphatic rings. The summed E-state index contributed by atoms with van der Waals surface area (Å²) in [5.41, 5.74) is 5.77. The number of hydrogen-bond acceptors (Lipinski definition) is 19. The Balaban J connectivity index is 0.991. The maximum atomic E-state index is 5.01. The first kappa shape index (κ1) is 27.9. The molecule has 0 bridgehead atoms. The molecule has 0 aromatic carbocycles. The van der Waals surface area contributed by atoms with Crippen LogP contribution in [0.15, 0.2) is 68.6 Å². The predicted molar refractivity (Wildman–Crippen MR) is 195 cm³/mol. The molecule has 0 fully saturated rings. The van der Waals surface area contributed by atoms with Crippen molar-refractivity contribution >= 4 is 118 Å². The molecule has 52 heavy (non-hydrogen) atoms. The fourth-order valence-electron chi connectivity index (χ4n) is 6.24. The molecule has 12 aromatic heterocycles. The van der Waals surface area contributed by atoms with Crippen LogP contribution in [-0.2, 0) is 0 Å². The van der Waals surface area contributed by atoms with Crippen LogP contribution in [0.5, 0.6) is 0 Å². The Morgan fingerprint density at radius 2 is 1.27 bits per heavy atom. The highest BCUT2D eigenvalue weighted by Gasteiger charge is 2.22. The highest BCUT2D eigenvalue weighted by atomic mass is 32.1. The molecule has 0 amide bonds. The van der Waals surface area contributed by atoms with E-state index in [-0.39, 0.29) is 0 Å².